The molecule has 0 aliphatic carbocycles. The molecule has 0 aromatic carbocycles. The van der Waals surface area contributed by atoms with Crippen LogP contribution in [0.4, 0.5) is 4.79 Å². The van der Waals surface area contributed by atoms with Gasteiger partial charge in [-0.2, -0.15) is 0 Å². The van der Waals surface area contributed by atoms with E-state index in [1.165, 1.54) is 0 Å². The van der Waals surface area contributed by atoms with E-state index in [0.717, 1.165) is 26.0 Å². The van der Waals surface area contributed by atoms with Crippen molar-refractivity contribution in [3.05, 3.63) is 18.7 Å². The molecule has 7 heteroatoms. The second kappa shape index (κ2) is 6.66. The van der Waals surface area contributed by atoms with Crippen molar-refractivity contribution in [1.82, 2.24) is 19.8 Å². The van der Waals surface area contributed by atoms with Gasteiger partial charge in [0.1, 0.15) is 5.60 Å². The second-order valence-electron chi connectivity index (χ2n) is 6.18. The number of imidazole rings is 1. The van der Waals surface area contributed by atoms with Crippen molar-refractivity contribution in [3.8, 4) is 0 Å². The number of hydrogen-bond acceptors (Lipinski definition) is 4. The van der Waals surface area contributed by atoms with Crippen LogP contribution in [0.25, 0.3) is 0 Å². The van der Waals surface area contributed by atoms with Gasteiger partial charge in [-0.1, -0.05) is 0 Å². The Morgan fingerprint density at radius 1 is 1.55 bits per heavy atom. The van der Waals surface area contributed by atoms with E-state index in [9.17, 15) is 4.79 Å². The lowest BCUT2D eigenvalue weighted by Gasteiger charge is -2.47. The van der Waals surface area contributed by atoms with Crippen LogP contribution in [0.1, 0.15) is 19.8 Å². The lowest BCUT2D eigenvalue weighted by molar-refractivity contribution is -0.188. The van der Waals surface area contributed by atoms with Crippen molar-refractivity contribution in [2.75, 3.05) is 32.8 Å². The van der Waals surface area contributed by atoms with Gasteiger partial charge in [0.25, 0.3) is 0 Å². The number of hydrogen-bond donors (Lipinski definition) is 1. The maximum Gasteiger partial charge on any atom is 0.317 e. The molecule has 3 rings (SSSR count). The quantitative estimate of drug-likeness (QED) is 0.899. The standard InChI is InChI=1S/C15H24N4O3/c1-13-9-19(10-15(22-13)3-2-8-21-11-15)14(20)17-5-7-18-6-4-16-12-18/h4,6,12-13H,2-3,5,7-11H2,1H3,(H,17,20)/t13-,15-/m1/s1. The van der Waals surface area contributed by atoms with Crippen molar-refractivity contribution in [1.29, 1.82) is 0 Å². The molecule has 7 nitrogen and oxygen atoms in total. The summed E-state index contributed by atoms with van der Waals surface area (Å²) in [6.45, 7) is 5.92. The topological polar surface area (TPSA) is 68.6 Å². The maximum atomic E-state index is 12.4. The average Bonchev–Trinajstić information content (AvgIpc) is 3.00. The molecule has 3 heterocycles. The summed E-state index contributed by atoms with van der Waals surface area (Å²) in [6.07, 6.45) is 7.35. The molecule has 2 amide bonds. The highest BCUT2D eigenvalue weighted by atomic mass is 16.6. The van der Waals surface area contributed by atoms with Gasteiger partial charge in [-0.25, -0.2) is 9.78 Å². The third kappa shape index (κ3) is 3.59. The molecule has 0 unspecified atom stereocenters. The smallest absolute Gasteiger partial charge is 0.317 e. The molecule has 2 aliphatic rings. The Labute approximate surface area is 130 Å². The molecule has 2 saturated heterocycles. The SMILES string of the molecule is C[C@@H]1CN(C(=O)NCCn2ccnc2)C[C@@]2(CCCOC2)O1. The minimum atomic E-state index is -0.322. The molecule has 1 aromatic heterocycles. The summed E-state index contributed by atoms with van der Waals surface area (Å²) >= 11 is 0. The van der Waals surface area contributed by atoms with Crippen LogP contribution in [0.3, 0.4) is 0 Å². The molecule has 0 radical (unpaired) electrons. The van der Waals surface area contributed by atoms with Crippen LogP contribution in [0.5, 0.6) is 0 Å². The van der Waals surface area contributed by atoms with E-state index in [2.05, 4.69) is 10.3 Å². The van der Waals surface area contributed by atoms with Gasteiger partial charge >= 0.3 is 6.03 Å². The second-order valence-corrected chi connectivity index (χ2v) is 6.18. The van der Waals surface area contributed by atoms with Gasteiger partial charge in [-0.15, -0.1) is 0 Å². The Bertz CT molecular complexity index is 485. The predicted octanol–water partition coefficient (Wildman–Crippen LogP) is 0.863. The van der Waals surface area contributed by atoms with Gasteiger partial charge in [0.2, 0.25) is 0 Å². The highest BCUT2D eigenvalue weighted by Crippen LogP contribution is 2.29. The number of nitrogens with one attached hydrogen (secondary N) is 1. The molecular formula is C15H24N4O3. The summed E-state index contributed by atoms with van der Waals surface area (Å²) in [4.78, 5) is 18.2. The van der Waals surface area contributed by atoms with Gasteiger partial charge in [0, 0.05) is 38.6 Å². The lowest BCUT2D eigenvalue weighted by Crippen LogP contribution is -2.61. The first-order chi connectivity index (χ1) is 10.7. The molecule has 122 valence electrons. The Kier molecular flexibility index (Phi) is 4.63. The number of ether oxygens (including phenoxy) is 2. The number of carbonyl (C=O) groups excluding carboxylic acids is 1. The average molecular weight is 308 g/mol. The number of carbonyl (C=O) groups is 1. The number of aromatic nitrogens is 2. The highest BCUT2D eigenvalue weighted by Gasteiger charge is 2.42. The summed E-state index contributed by atoms with van der Waals surface area (Å²) in [7, 11) is 0. The van der Waals surface area contributed by atoms with E-state index in [0.29, 0.717) is 26.2 Å². The third-order valence-corrected chi connectivity index (χ3v) is 4.19. The fourth-order valence-electron chi connectivity index (χ4n) is 3.25. The first kappa shape index (κ1) is 15.3. The predicted molar refractivity (Wildman–Crippen MR) is 80.5 cm³/mol. The third-order valence-electron chi connectivity index (χ3n) is 4.19. The van der Waals surface area contributed by atoms with Gasteiger partial charge in [-0.05, 0) is 19.8 Å². The van der Waals surface area contributed by atoms with Crippen molar-refractivity contribution >= 4 is 6.03 Å². The number of amides is 2. The lowest BCUT2D eigenvalue weighted by atomic mass is 9.93. The van der Waals surface area contributed by atoms with Crippen LogP contribution in [-0.4, -0.2) is 65.0 Å². The van der Waals surface area contributed by atoms with E-state index in [1.54, 1.807) is 12.5 Å². The van der Waals surface area contributed by atoms with Crippen molar-refractivity contribution in [2.45, 2.75) is 38.0 Å². The molecule has 2 atom stereocenters. The maximum absolute atomic E-state index is 12.4. The monoisotopic (exact) mass is 308 g/mol. The number of urea groups is 1. The zero-order valence-electron chi connectivity index (χ0n) is 13.0. The molecule has 1 spiro atoms. The van der Waals surface area contributed by atoms with E-state index in [-0.39, 0.29) is 17.7 Å². The zero-order chi connectivity index (χ0) is 15.4. The summed E-state index contributed by atoms with van der Waals surface area (Å²) in [5, 5.41) is 2.98. The largest absolute Gasteiger partial charge is 0.378 e. The van der Waals surface area contributed by atoms with Crippen molar-refractivity contribution < 1.29 is 14.3 Å². The van der Waals surface area contributed by atoms with Crippen molar-refractivity contribution in [3.63, 3.8) is 0 Å². The Morgan fingerprint density at radius 2 is 2.45 bits per heavy atom. The fourth-order valence-corrected chi connectivity index (χ4v) is 3.25. The summed E-state index contributed by atoms with van der Waals surface area (Å²) in [5.74, 6) is 0. The van der Waals surface area contributed by atoms with E-state index in [1.807, 2.05) is 22.6 Å². The highest BCUT2D eigenvalue weighted by molar-refractivity contribution is 5.74. The first-order valence-electron chi connectivity index (χ1n) is 7.91. The van der Waals surface area contributed by atoms with Crippen LogP contribution in [0.2, 0.25) is 0 Å². The molecule has 1 aromatic rings. The summed E-state index contributed by atoms with van der Waals surface area (Å²) in [5.41, 5.74) is -0.322. The molecular weight excluding hydrogens is 284 g/mol. The van der Waals surface area contributed by atoms with Crippen LogP contribution in [0.15, 0.2) is 18.7 Å². The van der Waals surface area contributed by atoms with E-state index in [4.69, 9.17) is 9.47 Å². The minimum Gasteiger partial charge on any atom is -0.378 e. The van der Waals surface area contributed by atoms with Crippen LogP contribution < -0.4 is 5.32 Å². The number of rotatable bonds is 3. The van der Waals surface area contributed by atoms with Crippen LogP contribution in [-0.2, 0) is 16.0 Å². The normalized spacial score (nSPS) is 28.8. The molecule has 0 saturated carbocycles. The Balaban J connectivity index is 1.52. The fraction of sp³-hybridized carbons (Fsp3) is 0.733. The van der Waals surface area contributed by atoms with Gasteiger partial charge in [0.05, 0.1) is 25.6 Å². The Hall–Kier alpha value is -1.60. The number of morpholine rings is 1. The van der Waals surface area contributed by atoms with Gasteiger partial charge < -0.3 is 24.3 Å². The molecule has 2 fully saturated rings. The Morgan fingerprint density at radius 3 is 3.18 bits per heavy atom. The number of nitrogens with zero attached hydrogens (tertiary/aromatic N) is 3. The zero-order valence-corrected chi connectivity index (χ0v) is 13.0. The first-order valence-corrected chi connectivity index (χ1v) is 7.91. The van der Waals surface area contributed by atoms with Crippen LogP contribution >= 0.6 is 0 Å². The minimum absolute atomic E-state index is 0.0276. The van der Waals surface area contributed by atoms with E-state index >= 15 is 0 Å². The molecule has 22 heavy (non-hydrogen) atoms. The van der Waals surface area contributed by atoms with Crippen molar-refractivity contribution in [2.24, 2.45) is 0 Å². The summed E-state index contributed by atoms with van der Waals surface area (Å²) < 4.78 is 13.6. The molecule has 2 aliphatic heterocycles. The molecule has 1 N–H and O–H groups in total. The molecule has 0 bridgehead atoms. The summed E-state index contributed by atoms with van der Waals surface area (Å²) in [6, 6.07) is -0.0276. The van der Waals surface area contributed by atoms with E-state index < -0.39 is 0 Å². The van der Waals surface area contributed by atoms with Crippen LogP contribution in [0, 0.1) is 0 Å². The van der Waals surface area contributed by atoms with Gasteiger partial charge in [0.15, 0.2) is 0 Å². The van der Waals surface area contributed by atoms with Gasteiger partial charge in [-0.3, -0.25) is 0 Å².